The van der Waals surface area contributed by atoms with Gasteiger partial charge in [0.25, 0.3) is 0 Å². The van der Waals surface area contributed by atoms with Crippen molar-refractivity contribution >= 4 is 43.3 Å². The molecule has 2 aromatic rings. The van der Waals surface area contributed by atoms with Crippen molar-refractivity contribution in [3.63, 3.8) is 0 Å². The molecule has 0 saturated carbocycles. The first kappa shape index (κ1) is 32.3. The standard InChI is InChI=1S/C21H27O2Si.3C4H9.Sn/c1-21(2,3)24(4,5)23-16-9-8-15-20(22)19-14-10-12-17-11-6-7-13-18(17)19;3*1-3-4-2;/h6-7,10-15H,9,16H2,1-5H3;3*1,3-4H2,2H3;. The normalized spacial score (nSPS) is 13.4. The molecule has 0 N–H and O–H groups in total. The first-order valence-electron chi connectivity index (χ1n) is 14.9. The summed E-state index contributed by atoms with van der Waals surface area (Å²) in [7, 11) is -1.84. The zero-order chi connectivity index (χ0) is 27.5. The van der Waals surface area contributed by atoms with Crippen LogP contribution in [0, 0.1) is 0 Å². The van der Waals surface area contributed by atoms with Crippen molar-refractivity contribution in [3.05, 3.63) is 57.7 Å². The van der Waals surface area contributed by atoms with E-state index in [0.717, 1.165) is 29.4 Å². The molecule has 0 fully saturated rings. The Labute approximate surface area is 233 Å². The fourth-order valence-corrected chi connectivity index (χ4v) is 23.0. The fraction of sp³-hybridized carbons (Fsp3) is 0.606. The summed E-state index contributed by atoms with van der Waals surface area (Å²) in [6, 6.07) is 14.5. The van der Waals surface area contributed by atoms with E-state index in [2.05, 4.69) is 85.0 Å². The van der Waals surface area contributed by atoms with E-state index in [9.17, 15) is 4.79 Å². The van der Waals surface area contributed by atoms with Crippen molar-refractivity contribution in [1.29, 1.82) is 0 Å². The summed E-state index contributed by atoms with van der Waals surface area (Å²) in [5.74, 6) is 0.199. The van der Waals surface area contributed by atoms with Crippen molar-refractivity contribution in [1.82, 2.24) is 0 Å². The van der Waals surface area contributed by atoms with Crippen LogP contribution in [0.5, 0.6) is 0 Å². The average molecular weight is 630 g/mol. The first-order chi connectivity index (χ1) is 17.5. The van der Waals surface area contributed by atoms with Crippen molar-refractivity contribution in [2.45, 2.75) is 118 Å². The number of unbranched alkanes of at least 4 members (excludes halogenated alkanes) is 3. The second-order valence-electron chi connectivity index (χ2n) is 12.5. The number of fused-ring (bicyclic) bond motifs is 1. The van der Waals surface area contributed by atoms with Crippen molar-refractivity contribution in [2.75, 3.05) is 6.61 Å². The van der Waals surface area contributed by atoms with E-state index in [1.165, 1.54) is 51.8 Å². The molecule has 0 unspecified atom stereocenters. The molecule has 0 bridgehead atoms. The maximum atomic E-state index is 14.0. The van der Waals surface area contributed by atoms with Crippen LogP contribution >= 0.6 is 0 Å². The zero-order valence-electron chi connectivity index (χ0n) is 25.2. The Morgan fingerprint density at radius 2 is 1.41 bits per heavy atom. The van der Waals surface area contributed by atoms with E-state index < -0.39 is 26.7 Å². The number of carbonyl (C=O) groups is 1. The van der Waals surface area contributed by atoms with Gasteiger partial charge >= 0.3 is 235 Å². The van der Waals surface area contributed by atoms with Gasteiger partial charge in [-0.2, -0.15) is 0 Å². The molecule has 2 nitrogen and oxygen atoms in total. The molecule has 37 heavy (non-hydrogen) atoms. The first-order valence-corrected chi connectivity index (χ1v) is 25.3. The van der Waals surface area contributed by atoms with Crippen LogP contribution in [0.1, 0.15) is 96.8 Å². The van der Waals surface area contributed by atoms with Gasteiger partial charge in [0.05, 0.1) is 0 Å². The Kier molecular flexibility index (Phi) is 13.1. The van der Waals surface area contributed by atoms with Crippen LogP contribution in [-0.2, 0) is 4.43 Å². The average Bonchev–Trinajstić information content (AvgIpc) is 2.86. The van der Waals surface area contributed by atoms with Crippen LogP contribution in [0.2, 0.25) is 31.4 Å². The molecule has 4 heteroatoms. The number of carbonyl (C=O) groups excluding carboxylic acids is 1. The number of hydrogen-bond acceptors (Lipinski definition) is 2. The van der Waals surface area contributed by atoms with Crippen LogP contribution in [-0.4, -0.2) is 39.1 Å². The molecule has 2 rings (SSSR count). The van der Waals surface area contributed by atoms with Gasteiger partial charge in [-0.05, 0) is 0 Å². The Balaban J connectivity index is 2.55. The summed E-state index contributed by atoms with van der Waals surface area (Å²) in [6.07, 6.45) is 10.7. The second-order valence-corrected chi connectivity index (χ2v) is 30.7. The van der Waals surface area contributed by atoms with Gasteiger partial charge in [0.15, 0.2) is 0 Å². The molecule has 206 valence electrons. The van der Waals surface area contributed by atoms with Crippen LogP contribution in [0.15, 0.2) is 52.1 Å². The number of rotatable bonds is 16. The second kappa shape index (κ2) is 15.0. The van der Waals surface area contributed by atoms with Crippen molar-refractivity contribution in [2.24, 2.45) is 0 Å². The molecule has 2 aromatic carbocycles. The summed E-state index contributed by atoms with van der Waals surface area (Å²) in [6.45, 7) is 19.4. The third-order valence-corrected chi connectivity index (χ3v) is 29.5. The molecule has 0 heterocycles. The van der Waals surface area contributed by atoms with Crippen LogP contribution in [0.25, 0.3) is 10.8 Å². The van der Waals surface area contributed by atoms with Crippen molar-refractivity contribution < 1.29 is 9.22 Å². The van der Waals surface area contributed by atoms with E-state index in [4.69, 9.17) is 4.43 Å². The van der Waals surface area contributed by atoms with Gasteiger partial charge in [0.1, 0.15) is 0 Å². The van der Waals surface area contributed by atoms with Gasteiger partial charge in [-0.25, -0.2) is 0 Å². The minimum absolute atomic E-state index is 0.197. The fourth-order valence-electron chi connectivity index (χ4n) is 5.20. The van der Waals surface area contributed by atoms with Crippen LogP contribution in [0.4, 0.5) is 0 Å². The van der Waals surface area contributed by atoms with Gasteiger partial charge < -0.3 is 0 Å². The molecule has 0 aromatic heterocycles. The monoisotopic (exact) mass is 630 g/mol. The Hall–Kier alpha value is -0.914. The Bertz CT molecular complexity index is 991. The Morgan fingerprint density at radius 3 is 1.95 bits per heavy atom. The van der Waals surface area contributed by atoms with E-state index in [1.54, 1.807) is 3.59 Å². The van der Waals surface area contributed by atoms with Crippen LogP contribution < -0.4 is 0 Å². The van der Waals surface area contributed by atoms with E-state index in [-0.39, 0.29) is 10.8 Å². The predicted octanol–water partition coefficient (Wildman–Crippen LogP) is 10.7. The molecular formula is C33H54O2SiSn. The predicted molar refractivity (Wildman–Crippen MR) is 169 cm³/mol. The van der Waals surface area contributed by atoms with Crippen molar-refractivity contribution in [3.8, 4) is 0 Å². The van der Waals surface area contributed by atoms with E-state index in [1.807, 2.05) is 18.2 Å². The van der Waals surface area contributed by atoms with Gasteiger partial charge in [0, 0.05) is 0 Å². The molecule has 0 atom stereocenters. The molecule has 0 aliphatic carbocycles. The number of benzene rings is 2. The quantitative estimate of drug-likeness (QED) is 0.105. The number of hydrogen-bond donors (Lipinski definition) is 0. The van der Waals surface area contributed by atoms with E-state index >= 15 is 0 Å². The zero-order valence-corrected chi connectivity index (χ0v) is 29.1. The number of ketones is 1. The van der Waals surface area contributed by atoms with Gasteiger partial charge in [-0.1, -0.05) is 0 Å². The van der Waals surface area contributed by atoms with Crippen LogP contribution in [0.3, 0.4) is 0 Å². The molecular weight excluding hydrogens is 575 g/mol. The third-order valence-electron chi connectivity index (χ3n) is 8.71. The summed E-state index contributed by atoms with van der Waals surface area (Å²) >= 11 is -2.79. The third kappa shape index (κ3) is 9.07. The molecule has 0 radical (unpaired) electrons. The Morgan fingerprint density at radius 1 is 0.865 bits per heavy atom. The minimum atomic E-state index is -2.79. The molecule has 0 aliphatic rings. The summed E-state index contributed by atoms with van der Waals surface area (Å²) in [4.78, 5) is 14.0. The summed E-state index contributed by atoms with van der Waals surface area (Å²) in [5.41, 5.74) is 0.850. The number of allylic oxidation sites excluding steroid dienone is 1. The van der Waals surface area contributed by atoms with Gasteiger partial charge in [-0.15, -0.1) is 0 Å². The topological polar surface area (TPSA) is 26.3 Å². The molecule has 0 amide bonds. The SMILES string of the molecule is CCC[CH2][Sn]([CH2]CCC)([CH2]CCC)/[C](=C/C(=O)c1cccc2ccccc12)CCO[Si](C)(C)C(C)(C)C. The van der Waals surface area contributed by atoms with E-state index in [0.29, 0.717) is 0 Å². The molecule has 0 spiro atoms. The van der Waals surface area contributed by atoms with Gasteiger partial charge in [0.2, 0.25) is 0 Å². The molecule has 0 aliphatic heterocycles. The maximum absolute atomic E-state index is 14.0. The summed E-state index contributed by atoms with van der Waals surface area (Å²) < 4.78 is 12.4. The van der Waals surface area contributed by atoms with Gasteiger partial charge in [-0.3, -0.25) is 0 Å². The molecule has 0 saturated heterocycles. The summed E-state index contributed by atoms with van der Waals surface area (Å²) in [5, 5.41) is 2.41.